The Morgan fingerprint density at radius 1 is 1.25 bits per heavy atom. The third-order valence-electron chi connectivity index (χ3n) is 4.02. The van der Waals surface area contributed by atoms with Gasteiger partial charge in [-0.2, -0.15) is 11.3 Å². The summed E-state index contributed by atoms with van der Waals surface area (Å²) in [6.45, 7) is 2.59. The number of aromatic nitrogens is 1. The van der Waals surface area contributed by atoms with Gasteiger partial charge < -0.3 is 10.2 Å². The number of ketones is 1. The van der Waals surface area contributed by atoms with E-state index in [9.17, 15) is 14.4 Å². The molecule has 1 aliphatic rings. The van der Waals surface area contributed by atoms with Crippen LogP contribution in [0.15, 0.2) is 22.2 Å². The topological polar surface area (TPSA) is 79.4 Å². The van der Waals surface area contributed by atoms with Gasteiger partial charge in [0, 0.05) is 36.7 Å². The Morgan fingerprint density at radius 2 is 2.00 bits per heavy atom. The second-order valence-corrected chi connectivity index (χ2v) is 7.30. The SMILES string of the molecule is CC(=O)c1csc(NC(=O)C2CCN(C(=O)c3ccsc3)CC2)n1. The number of thiazole rings is 1. The summed E-state index contributed by atoms with van der Waals surface area (Å²) in [6.07, 6.45) is 1.26. The predicted molar refractivity (Wildman–Crippen MR) is 93.7 cm³/mol. The zero-order valence-electron chi connectivity index (χ0n) is 13.2. The molecule has 0 aromatic carbocycles. The van der Waals surface area contributed by atoms with Crippen LogP contribution in [-0.2, 0) is 4.79 Å². The molecule has 1 N–H and O–H groups in total. The molecule has 1 aliphatic heterocycles. The Hall–Kier alpha value is -2.06. The lowest BCUT2D eigenvalue weighted by Gasteiger charge is -2.31. The van der Waals surface area contributed by atoms with Gasteiger partial charge in [0.25, 0.3) is 5.91 Å². The molecule has 0 bridgehead atoms. The van der Waals surface area contributed by atoms with Gasteiger partial charge in [0.2, 0.25) is 5.91 Å². The number of amides is 2. The van der Waals surface area contributed by atoms with E-state index in [1.165, 1.54) is 29.6 Å². The van der Waals surface area contributed by atoms with Gasteiger partial charge in [0.05, 0.1) is 5.56 Å². The van der Waals surface area contributed by atoms with E-state index in [1.54, 1.807) is 10.3 Å². The average Bonchev–Trinajstić information content (AvgIpc) is 3.26. The first kappa shape index (κ1) is 16.8. The summed E-state index contributed by atoms with van der Waals surface area (Å²) >= 11 is 2.75. The fraction of sp³-hybridized carbons (Fsp3) is 0.375. The quantitative estimate of drug-likeness (QED) is 0.847. The van der Waals surface area contributed by atoms with Crippen LogP contribution < -0.4 is 5.32 Å². The van der Waals surface area contributed by atoms with E-state index in [1.807, 2.05) is 16.8 Å². The van der Waals surface area contributed by atoms with Gasteiger partial charge in [-0.3, -0.25) is 14.4 Å². The Morgan fingerprint density at radius 3 is 2.58 bits per heavy atom. The number of Topliss-reactive ketones (excluding diaryl/α,β-unsaturated/α-hetero) is 1. The van der Waals surface area contributed by atoms with Crippen molar-refractivity contribution in [2.24, 2.45) is 5.92 Å². The molecule has 0 unspecified atom stereocenters. The normalized spacial score (nSPS) is 15.3. The Kier molecular flexibility index (Phi) is 5.06. The minimum atomic E-state index is -0.138. The number of piperidine rings is 1. The van der Waals surface area contributed by atoms with Gasteiger partial charge in [-0.15, -0.1) is 11.3 Å². The van der Waals surface area contributed by atoms with Crippen molar-refractivity contribution in [3.05, 3.63) is 33.5 Å². The lowest BCUT2D eigenvalue weighted by Crippen LogP contribution is -2.41. The molecular formula is C16H17N3O3S2. The van der Waals surface area contributed by atoms with E-state index >= 15 is 0 Å². The maximum atomic E-state index is 12.3. The van der Waals surface area contributed by atoms with E-state index in [2.05, 4.69) is 10.3 Å². The molecule has 1 fully saturated rings. The third kappa shape index (κ3) is 3.70. The average molecular weight is 363 g/mol. The van der Waals surface area contributed by atoms with Gasteiger partial charge in [0.1, 0.15) is 5.69 Å². The van der Waals surface area contributed by atoms with Crippen LogP contribution in [0.1, 0.15) is 40.6 Å². The zero-order chi connectivity index (χ0) is 17.1. The fourth-order valence-corrected chi connectivity index (χ4v) is 4.00. The van der Waals surface area contributed by atoms with E-state index in [0.717, 1.165) is 0 Å². The summed E-state index contributed by atoms with van der Waals surface area (Å²) in [5, 5.41) is 8.59. The number of rotatable bonds is 4. The molecule has 0 atom stereocenters. The summed E-state index contributed by atoms with van der Waals surface area (Å²) in [4.78, 5) is 41.7. The molecule has 2 amide bonds. The van der Waals surface area contributed by atoms with Crippen molar-refractivity contribution in [2.75, 3.05) is 18.4 Å². The van der Waals surface area contributed by atoms with Crippen LogP contribution in [0.4, 0.5) is 5.13 Å². The van der Waals surface area contributed by atoms with Crippen LogP contribution in [0, 0.1) is 5.92 Å². The molecule has 2 aromatic heterocycles. The summed E-state index contributed by atoms with van der Waals surface area (Å²) in [7, 11) is 0. The first-order chi connectivity index (χ1) is 11.5. The number of hydrogen-bond acceptors (Lipinski definition) is 6. The molecule has 24 heavy (non-hydrogen) atoms. The van der Waals surface area contributed by atoms with Crippen molar-refractivity contribution in [1.29, 1.82) is 0 Å². The second-order valence-electron chi connectivity index (χ2n) is 5.66. The molecule has 2 aromatic rings. The molecule has 126 valence electrons. The van der Waals surface area contributed by atoms with Gasteiger partial charge in [-0.1, -0.05) is 0 Å². The third-order valence-corrected chi connectivity index (χ3v) is 5.46. The zero-order valence-corrected chi connectivity index (χ0v) is 14.8. The number of thiophene rings is 1. The lowest BCUT2D eigenvalue weighted by molar-refractivity contribution is -0.121. The number of carbonyl (C=O) groups is 3. The summed E-state index contributed by atoms with van der Waals surface area (Å²) < 4.78 is 0. The van der Waals surface area contributed by atoms with Crippen LogP contribution in [0.2, 0.25) is 0 Å². The highest BCUT2D eigenvalue weighted by molar-refractivity contribution is 7.14. The highest BCUT2D eigenvalue weighted by atomic mass is 32.1. The summed E-state index contributed by atoms with van der Waals surface area (Å²) in [6, 6.07) is 1.82. The predicted octanol–water partition coefficient (Wildman–Crippen LogP) is 2.90. The maximum Gasteiger partial charge on any atom is 0.254 e. The molecule has 0 radical (unpaired) electrons. The number of carbonyl (C=O) groups excluding carboxylic acids is 3. The van der Waals surface area contributed by atoms with Gasteiger partial charge in [-0.05, 0) is 24.3 Å². The second kappa shape index (κ2) is 7.23. The van der Waals surface area contributed by atoms with E-state index in [-0.39, 0.29) is 23.5 Å². The molecule has 3 rings (SSSR count). The van der Waals surface area contributed by atoms with Crippen molar-refractivity contribution < 1.29 is 14.4 Å². The fourth-order valence-electron chi connectivity index (χ4n) is 2.61. The monoisotopic (exact) mass is 363 g/mol. The van der Waals surface area contributed by atoms with Crippen LogP contribution in [0.3, 0.4) is 0 Å². The first-order valence-corrected chi connectivity index (χ1v) is 9.45. The molecule has 3 heterocycles. The van der Waals surface area contributed by atoms with Gasteiger partial charge >= 0.3 is 0 Å². The number of likely N-dealkylation sites (tertiary alicyclic amines) is 1. The molecule has 0 saturated carbocycles. The van der Waals surface area contributed by atoms with E-state index < -0.39 is 0 Å². The number of nitrogens with zero attached hydrogens (tertiary/aromatic N) is 2. The molecule has 1 saturated heterocycles. The van der Waals surface area contributed by atoms with Crippen molar-refractivity contribution in [3.8, 4) is 0 Å². The van der Waals surface area contributed by atoms with Crippen LogP contribution >= 0.6 is 22.7 Å². The van der Waals surface area contributed by atoms with Crippen LogP contribution in [-0.4, -0.2) is 40.6 Å². The standard InChI is InChI=1S/C16H17N3O3S2/c1-10(20)13-9-24-16(17-13)18-14(21)11-2-5-19(6-3-11)15(22)12-4-7-23-8-12/h4,7-9,11H,2-3,5-6H2,1H3,(H,17,18,21). The highest BCUT2D eigenvalue weighted by Gasteiger charge is 2.28. The summed E-state index contributed by atoms with van der Waals surface area (Å²) in [5.41, 5.74) is 1.08. The number of nitrogens with one attached hydrogen (secondary N) is 1. The van der Waals surface area contributed by atoms with Crippen molar-refractivity contribution in [1.82, 2.24) is 9.88 Å². The minimum absolute atomic E-state index is 0.0288. The largest absolute Gasteiger partial charge is 0.339 e. The first-order valence-electron chi connectivity index (χ1n) is 7.63. The number of anilines is 1. The molecule has 0 spiro atoms. The van der Waals surface area contributed by atoms with Gasteiger partial charge in [-0.25, -0.2) is 4.98 Å². The minimum Gasteiger partial charge on any atom is -0.339 e. The highest BCUT2D eigenvalue weighted by Crippen LogP contribution is 2.23. The van der Waals surface area contributed by atoms with Crippen LogP contribution in [0.5, 0.6) is 0 Å². The molecular weight excluding hydrogens is 346 g/mol. The van der Waals surface area contributed by atoms with Gasteiger partial charge in [0.15, 0.2) is 10.9 Å². The van der Waals surface area contributed by atoms with E-state index in [4.69, 9.17) is 0 Å². The van der Waals surface area contributed by atoms with Crippen molar-refractivity contribution in [3.63, 3.8) is 0 Å². The smallest absolute Gasteiger partial charge is 0.254 e. The Bertz CT molecular complexity index is 746. The van der Waals surface area contributed by atoms with Crippen molar-refractivity contribution in [2.45, 2.75) is 19.8 Å². The number of hydrogen-bond donors (Lipinski definition) is 1. The van der Waals surface area contributed by atoms with Crippen molar-refractivity contribution >= 4 is 45.4 Å². The lowest BCUT2D eigenvalue weighted by atomic mass is 9.95. The molecule has 0 aliphatic carbocycles. The maximum absolute atomic E-state index is 12.3. The Balaban J connectivity index is 1.53. The van der Waals surface area contributed by atoms with Crippen LogP contribution in [0.25, 0.3) is 0 Å². The van der Waals surface area contributed by atoms with E-state index in [0.29, 0.717) is 42.3 Å². The Labute approximate surface area is 147 Å². The molecule has 8 heteroatoms. The summed E-state index contributed by atoms with van der Waals surface area (Å²) in [5.74, 6) is -0.323. The molecule has 6 nitrogen and oxygen atoms in total.